The Morgan fingerprint density at radius 3 is 2.17 bits per heavy atom. The van der Waals surface area contributed by atoms with Gasteiger partial charge in [-0.3, -0.25) is 4.79 Å². The maximum Gasteiger partial charge on any atom is 0.433 e. The molecule has 1 rings (SSSR count). The van der Waals surface area contributed by atoms with Crippen molar-refractivity contribution in [3.05, 3.63) is 23.4 Å². The van der Waals surface area contributed by atoms with E-state index < -0.39 is 28.9 Å². The number of rotatable bonds is 3. The normalized spacial score (nSPS) is 12.5. The molecule has 1 amide bonds. The molecule has 1 aromatic rings. The molecule has 0 atom stereocenters. The molecule has 126 valence electrons. The van der Waals surface area contributed by atoms with E-state index in [4.69, 9.17) is 6.42 Å². The van der Waals surface area contributed by atoms with Crippen molar-refractivity contribution in [2.75, 3.05) is 5.32 Å². The van der Waals surface area contributed by atoms with Crippen LogP contribution >= 0.6 is 0 Å². The summed E-state index contributed by atoms with van der Waals surface area (Å²) in [5, 5.41) is 5.39. The molecule has 0 aliphatic carbocycles. The van der Waals surface area contributed by atoms with Crippen LogP contribution in [-0.4, -0.2) is 22.0 Å². The summed E-state index contributed by atoms with van der Waals surface area (Å²) < 4.78 is 38.5. The van der Waals surface area contributed by atoms with E-state index in [0.717, 1.165) is 12.1 Å². The summed E-state index contributed by atoms with van der Waals surface area (Å²) >= 11 is 0. The van der Waals surface area contributed by atoms with Gasteiger partial charge in [0.05, 0.1) is 11.1 Å². The van der Waals surface area contributed by atoms with E-state index in [1.54, 1.807) is 34.6 Å². The number of carbonyl (C=O) groups excluding carboxylic acids is 1. The van der Waals surface area contributed by atoms with E-state index in [1.165, 1.54) is 0 Å². The molecule has 0 aromatic carbocycles. The second-order valence-corrected chi connectivity index (χ2v) is 6.69. The van der Waals surface area contributed by atoms with Gasteiger partial charge in [0.25, 0.3) is 5.91 Å². The first-order valence-corrected chi connectivity index (χ1v) is 6.92. The number of hydrogen-bond donors (Lipinski definition) is 2. The van der Waals surface area contributed by atoms with Gasteiger partial charge < -0.3 is 10.6 Å². The molecular formula is C16H20F3N3O. The Labute approximate surface area is 133 Å². The fourth-order valence-electron chi connectivity index (χ4n) is 1.64. The van der Waals surface area contributed by atoms with Crippen molar-refractivity contribution in [3.8, 4) is 12.3 Å². The Bertz CT molecular complexity index is 637. The van der Waals surface area contributed by atoms with Crippen LogP contribution in [0.25, 0.3) is 0 Å². The molecule has 1 aromatic heterocycles. The van der Waals surface area contributed by atoms with Crippen molar-refractivity contribution in [2.45, 2.75) is 51.9 Å². The van der Waals surface area contributed by atoms with Crippen LogP contribution < -0.4 is 10.6 Å². The van der Waals surface area contributed by atoms with Crippen LogP contribution in [0.5, 0.6) is 0 Å². The summed E-state index contributed by atoms with van der Waals surface area (Å²) in [6.45, 7) is 8.48. The van der Waals surface area contributed by atoms with Crippen LogP contribution in [0, 0.1) is 12.3 Å². The zero-order chi connectivity index (χ0) is 18.1. The topological polar surface area (TPSA) is 54.0 Å². The predicted octanol–water partition coefficient (Wildman–Crippen LogP) is 3.45. The lowest BCUT2D eigenvalue weighted by atomic mass is 10.1. The maximum absolute atomic E-state index is 12.8. The first kappa shape index (κ1) is 18.8. The highest BCUT2D eigenvalue weighted by Gasteiger charge is 2.34. The smallest absolute Gasteiger partial charge is 0.365 e. The van der Waals surface area contributed by atoms with Crippen LogP contribution in [0.4, 0.5) is 19.0 Å². The van der Waals surface area contributed by atoms with E-state index in [2.05, 4.69) is 21.5 Å². The highest BCUT2D eigenvalue weighted by Crippen LogP contribution is 2.30. The number of halogens is 3. The van der Waals surface area contributed by atoms with Crippen molar-refractivity contribution in [1.82, 2.24) is 10.3 Å². The van der Waals surface area contributed by atoms with Crippen molar-refractivity contribution >= 4 is 11.7 Å². The van der Waals surface area contributed by atoms with Gasteiger partial charge in [-0.1, -0.05) is 5.92 Å². The molecule has 4 nitrogen and oxygen atoms in total. The number of nitrogens with zero attached hydrogens (tertiary/aromatic N) is 1. The number of anilines is 1. The minimum Gasteiger partial charge on any atom is -0.365 e. The van der Waals surface area contributed by atoms with Crippen molar-refractivity contribution in [3.63, 3.8) is 0 Å². The van der Waals surface area contributed by atoms with E-state index in [1.807, 2.05) is 0 Å². The Morgan fingerprint density at radius 2 is 1.74 bits per heavy atom. The van der Waals surface area contributed by atoms with E-state index in [9.17, 15) is 18.0 Å². The van der Waals surface area contributed by atoms with Gasteiger partial charge >= 0.3 is 6.18 Å². The molecule has 0 unspecified atom stereocenters. The van der Waals surface area contributed by atoms with Gasteiger partial charge in [-0.15, -0.1) is 6.42 Å². The monoisotopic (exact) mass is 327 g/mol. The third kappa shape index (κ3) is 5.47. The van der Waals surface area contributed by atoms with Crippen LogP contribution in [0.2, 0.25) is 0 Å². The van der Waals surface area contributed by atoms with Gasteiger partial charge in [-0.05, 0) is 46.8 Å². The maximum atomic E-state index is 12.8. The first-order chi connectivity index (χ1) is 10.2. The number of pyridine rings is 1. The number of amides is 1. The van der Waals surface area contributed by atoms with Crippen LogP contribution in [0.1, 0.15) is 50.7 Å². The van der Waals surface area contributed by atoms with Crippen LogP contribution in [0.3, 0.4) is 0 Å². The SMILES string of the molecule is C#CC(C)(C)NC(=O)c1ccc(C(F)(F)F)nc1NC(C)(C)C. The Morgan fingerprint density at radius 1 is 1.17 bits per heavy atom. The van der Waals surface area contributed by atoms with Gasteiger partial charge in [-0.25, -0.2) is 4.98 Å². The minimum atomic E-state index is -4.60. The van der Waals surface area contributed by atoms with Gasteiger partial charge in [-0.2, -0.15) is 13.2 Å². The molecule has 0 fully saturated rings. The Kier molecular flexibility index (Phi) is 5.00. The average Bonchev–Trinajstić information content (AvgIpc) is 2.35. The second-order valence-electron chi connectivity index (χ2n) is 6.69. The standard InChI is InChI=1S/C16H20F3N3O/c1-7-15(5,6)22-13(23)10-8-9-11(16(17,18)19)20-12(10)21-14(2,3)4/h1,8-9H,2-6H3,(H,20,21)(H,22,23). The molecule has 2 N–H and O–H groups in total. The summed E-state index contributed by atoms with van der Waals surface area (Å²) in [7, 11) is 0. The van der Waals surface area contributed by atoms with Crippen LogP contribution in [0.15, 0.2) is 12.1 Å². The first-order valence-electron chi connectivity index (χ1n) is 6.92. The van der Waals surface area contributed by atoms with Gasteiger partial charge in [0.1, 0.15) is 11.5 Å². The van der Waals surface area contributed by atoms with E-state index >= 15 is 0 Å². The van der Waals surface area contributed by atoms with E-state index in [-0.39, 0.29) is 11.4 Å². The summed E-state index contributed by atoms with van der Waals surface area (Å²) in [4.78, 5) is 15.9. The number of aromatic nitrogens is 1. The largest absolute Gasteiger partial charge is 0.433 e. The molecule has 0 aliphatic heterocycles. The fraction of sp³-hybridized carbons (Fsp3) is 0.500. The minimum absolute atomic E-state index is 0.00347. The molecule has 0 aliphatic rings. The summed E-state index contributed by atoms with van der Waals surface area (Å²) in [6.07, 6.45) is 0.713. The molecule has 23 heavy (non-hydrogen) atoms. The number of nitrogens with one attached hydrogen (secondary N) is 2. The van der Waals surface area contributed by atoms with Crippen molar-refractivity contribution < 1.29 is 18.0 Å². The molecule has 7 heteroatoms. The Hall–Kier alpha value is -2.23. The van der Waals surface area contributed by atoms with Crippen molar-refractivity contribution in [1.29, 1.82) is 0 Å². The average molecular weight is 327 g/mol. The molecule has 0 saturated carbocycles. The van der Waals surface area contributed by atoms with Gasteiger partial charge in [0, 0.05) is 5.54 Å². The molecule has 1 heterocycles. The lowest BCUT2D eigenvalue weighted by molar-refractivity contribution is -0.141. The highest BCUT2D eigenvalue weighted by atomic mass is 19.4. The molecule has 0 bridgehead atoms. The van der Waals surface area contributed by atoms with Gasteiger partial charge in [0.15, 0.2) is 0 Å². The van der Waals surface area contributed by atoms with E-state index in [0.29, 0.717) is 0 Å². The molecule has 0 spiro atoms. The summed E-state index contributed by atoms with van der Waals surface area (Å²) in [5.41, 5.74) is -2.58. The predicted molar refractivity (Wildman–Crippen MR) is 83.0 cm³/mol. The third-order valence-electron chi connectivity index (χ3n) is 2.71. The molecule has 0 radical (unpaired) electrons. The number of hydrogen-bond acceptors (Lipinski definition) is 3. The summed E-state index contributed by atoms with van der Waals surface area (Å²) in [5.74, 6) is 1.66. The van der Waals surface area contributed by atoms with Gasteiger partial charge in [0.2, 0.25) is 0 Å². The second kappa shape index (κ2) is 6.11. The van der Waals surface area contributed by atoms with Crippen molar-refractivity contribution in [2.24, 2.45) is 0 Å². The number of alkyl halides is 3. The summed E-state index contributed by atoms with van der Waals surface area (Å²) in [6, 6.07) is 1.86. The highest BCUT2D eigenvalue weighted by molar-refractivity contribution is 5.99. The zero-order valence-corrected chi connectivity index (χ0v) is 13.7. The zero-order valence-electron chi connectivity index (χ0n) is 13.7. The number of carbonyl (C=O) groups is 1. The lowest BCUT2D eigenvalue weighted by Crippen LogP contribution is -2.42. The third-order valence-corrected chi connectivity index (χ3v) is 2.71. The number of terminal acetylenes is 1. The molecular weight excluding hydrogens is 307 g/mol. The Balaban J connectivity index is 3.31. The lowest BCUT2D eigenvalue weighted by Gasteiger charge is -2.25. The quantitative estimate of drug-likeness (QED) is 0.836. The molecule has 0 saturated heterocycles. The van der Waals surface area contributed by atoms with Crippen LogP contribution in [-0.2, 0) is 6.18 Å². The fourth-order valence-corrected chi connectivity index (χ4v) is 1.64.